The number of nitrogens with one attached hydrogen (secondary N) is 1. The monoisotopic (exact) mass is 211 g/mol. The fourth-order valence-electron chi connectivity index (χ4n) is 2.15. The normalized spacial score (nSPS) is 32.3. The Kier molecular flexibility index (Phi) is 2.91. The van der Waals surface area contributed by atoms with E-state index in [1.807, 2.05) is 11.3 Å². The van der Waals surface area contributed by atoms with Crippen molar-refractivity contribution in [1.82, 2.24) is 5.32 Å². The molecule has 1 aliphatic rings. The summed E-state index contributed by atoms with van der Waals surface area (Å²) < 4.78 is 0. The van der Waals surface area contributed by atoms with Gasteiger partial charge < -0.3 is 10.4 Å². The SMILES string of the molecule is CC1(CO)CC(Cc2cccs2)CN1. The van der Waals surface area contributed by atoms with E-state index in [0.717, 1.165) is 19.4 Å². The minimum Gasteiger partial charge on any atom is -0.394 e. The van der Waals surface area contributed by atoms with Crippen LogP contribution in [-0.4, -0.2) is 23.8 Å². The highest BCUT2D eigenvalue weighted by molar-refractivity contribution is 7.09. The Morgan fingerprint density at radius 3 is 3.14 bits per heavy atom. The van der Waals surface area contributed by atoms with Crippen LogP contribution in [0.5, 0.6) is 0 Å². The molecule has 0 saturated carbocycles. The summed E-state index contributed by atoms with van der Waals surface area (Å²) in [5.41, 5.74) is -0.0398. The first-order valence-corrected chi connectivity index (χ1v) is 5.98. The van der Waals surface area contributed by atoms with Gasteiger partial charge >= 0.3 is 0 Å². The van der Waals surface area contributed by atoms with Crippen molar-refractivity contribution in [3.63, 3.8) is 0 Å². The minimum absolute atomic E-state index is 0.0398. The molecular formula is C11H17NOS. The molecule has 0 bridgehead atoms. The zero-order chi connectivity index (χ0) is 10.0. The molecule has 1 saturated heterocycles. The maximum atomic E-state index is 9.21. The molecule has 0 amide bonds. The standard InChI is InChI=1S/C11H17NOS/c1-11(8-13)6-9(7-12-11)5-10-3-2-4-14-10/h2-4,9,12-13H,5-8H2,1H3. The van der Waals surface area contributed by atoms with E-state index in [1.54, 1.807) is 0 Å². The zero-order valence-electron chi connectivity index (χ0n) is 8.49. The summed E-state index contributed by atoms with van der Waals surface area (Å²) >= 11 is 1.83. The Bertz CT molecular complexity index is 285. The largest absolute Gasteiger partial charge is 0.394 e. The highest BCUT2D eigenvalue weighted by Crippen LogP contribution is 2.27. The Morgan fingerprint density at radius 1 is 1.71 bits per heavy atom. The Labute approximate surface area is 89.0 Å². The Morgan fingerprint density at radius 2 is 2.57 bits per heavy atom. The number of aliphatic hydroxyl groups is 1. The predicted octanol–water partition coefficient (Wildman–Crippen LogP) is 1.65. The number of thiophene rings is 1. The van der Waals surface area contributed by atoms with Crippen molar-refractivity contribution in [3.05, 3.63) is 22.4 Å². The molecule has 0 spiro atoms. The van der Waals surface area contributed by atoms with Gasteiger partial charge in [0.25, 0.3) is 0 Å². The van der Waals surface area contributed by atoms with Crippen LogP contribution in [0.4, 0.5) is 0 Å². The van der Waals surface area contributed by atoms with E-state index in [9.17, 15) is 5.11 Å². The van der Waals surface area contributed by atoms with Crippen LogP contribution in [0.3, 0.4) is 0 Å². The molecule has 2 rings (SSSR count). The summed E-state index contributed by atoms with van der Waals surface area (Å²) in [5.74, 6) is 0.686. The second-order valence-corrected chi connectivity index (χ2v) is 5.49. The molecule has 1 aromatic rings. The van der Waals surface area contributed by atoms with Crippen LogP contribution in [0.2, 0.25) is 0 Å². The maximum Gasteiger partial charge on any atom is 0.0610 e. The average molecular weight is 211 g/mol. The quantitative estimate of drug-likeness (QED) is 0.797. The molecule has 78 valence electrons. The van der Waals surface area contributed by atoms with E-state index < -0.39 is 0 Å². The molecule has 1 aromatic heterocycles. The molecular weight excluding hydrogens is 194 g/mol. The van der Waals surface area contributed by atoms with Crippen molar-refractivity contribution in [2.24, 2.45) is 5.92 Å². The van der Waals surface area contributed by atoms with E-state index in [-0.39, 0.29) is 12.1 Å². The number of aliphatic hydroxyl groups excluding tert-OH is 1. The summed E-state index contributed by atoms with van der Waals surface area (Å²) in [6, 6.07) is 4.30. The van der Waals surface area contributed by atoms with Crippen molar-refractivity contribution in [1.29, 1.82) is 0 Å². The summed E-state index contributed by atoms with van der Waals surface area (Å²) in [7, 11) is 0. The highest BCUT2D eigenvalue weighted by atomic mass is 32.1. The van der Waals surface area contributed by atoms with E-state index >= 15 is 0 Å². The van der Waals surface area contributed by atoms with Crippen LogP contribution in [-0.2, 0) is 6.42 Å². The first-order valence-electron chi connectivity index (χ1n) is 5.10. The fourth-order valence-corrected chi connectivity index (χ4v) is 2.97. The van der Waals surface area contributed by atoms with E-state index in [4.69, 9.17) is 0 Å². The topological polar surface area (TPSA) is 32.3 Å². The van der Waals surface area contributed by atoms with Crippen LogP contribution in [0, 0.1) is 5.92 Å². The van der Waals surface area contributed by atoms with Gasteiger partial charge in [0.2, 0.25) is 0 Å². The van der Waals surface area contributed by atoms with E-state index in [1.165, 1.54) is 4.88 Å². The van der Waals surface area contributed by atoms with Crippen molar-refractivity contribution in [3.8, 4) is 0 Å². The van der Waals surface area contributed by atoms with Crippen LogP contribution >= 0.6 is 11.3 Å². The van der Waals surface area contributed by atoms with Crippen LogP contribution < -0.4 is 5.32 Å². The van der Waals surface area contributed by atoms with Crippen molar-refractivity contribution in [2.45, 2.75) is 25.3 Å². The highest BCUT2D eigenvalue weighted by Gasteiger charge is 2.33. The smallest absolute Gasteiger partial charge is 0.0610 e. The molecule has 3 heteroatoms. The molecule has 0 radical (unpaired) electrons. The third kappa shape index (κ3) is 2.16. The molecule has 1 fully saturated rings. The van der Waals surface area contributed by atoms with Gasteiger partial charge in [-0.3, -0.25) is 0 Å². The van der Waals surface area contributed by atoms with Crippen molar-refractivity contribution < 1.29 is 5.11 Å². The summed E-state index contributed by atoms with van der Waals surface area (Å²) in [4.78, 5) is 1.46. The molecule has 2 N–H and O–H groups in total. The van der Waals surface area contributed by atoms with E-state index in [0.29, 0.717) is 5.92 Å². The van der Waals surface area contributed by atoms with Gasteiger partial charge in [-0.1, -0.05) is 6.07 Å². The predicted molar refractivity (Wildman–Crippen MR) is 59.6 cm³/mol. The summed E-state index contributed by atoms with van der Waals surface area (Å²) in [6.07, 6.45) is 2.24. The first-order chi connectivity index (χ1) is 6.72. The van der Waals surface area contributed by atoms with Gasteiger partial charge in [-0.25, -0.2) is 0 Å². The third-order valence-corrected chi connectivity index (χ3v) is 3.87. The lowest BCUT2D eigenvalue weighted by atomic mass is 9.93. The van der Waals surface area contributed by atoms with Crippen molar-refractivity contribution >= 4 is 11.3 Å². The number of rotatable bonds is 3. The van der Waals surface area contributed by atoms with Gasteiger partial charge in [-0.2, -0.15) is 0 Å². The lowest BCUT2D eigenvalue weighted by molar-refractivity contribution is 0.189. The lowest BCUT2D eigenvalue weighted by Crippen LogP contribution is -2.39. The van der Waals surface area contributed by atoms with Gasteiger partial charge in [0.05, 0.1) is 6.61 Å². The van der Waals surface area contributed by atoms with Gasteiger partial charge in [0.1, 0.15) is 0 Å². The molecule has 2 heterocycles. The van der Waals surface area contributed by atoms with Gasteiger partial charge in [-0.15, -0.1) is 11.3 Å². The minimum atomic E-state index is -0.0398. The number of hydrogen-bond donors (Lipinski definition) is 2. The zero-order valence-corrected chi connectivity index (χ0v) is 9.31. The molecule has 2 unspecified atom stereocenters. The second-order valence-electron chi connectivity index (χ2n) is 4.45. The number of hydrogen-bond acceptors (Lipinski definition) is 3. The molecule has 2 nitrogen and oxygen atoms in total. The molecule has 0 aliphatic carbocycles. The summed E-state index contributed by atoms with van der Waals surface area (Å²) in [6.45, 7) is 3.38. The van der Waals surface area contributed by atoms with Gasteiger partial charge in [-0.05, 0) is 43.7 Å². The van der Waals surface area contributed by atoms with Crippen molar-refractivity contribution in [2.75, 3.05) is 13.2 Å². The molecule has 14 heavy (non-hydrogen) atoms. The third-order valence-electron chi connectivity index (χ3n) is 2.98. The lowest BCUT2D eigenvalue weighted by Gasteiger charge is -2.20. The first kappa shape index (κ1) is 10.1. The van der Waals surface area contributed by atoms with Gasteiger partial charge in [0.15, 0.2) is 0 Å². The second kappa shape index (κ2) is 4.01. The molecule has 0 aromatic carbocycles. The van der Waals surface area contributed by atoms with Crippen LogP contribution in [0.15, 0.2) is 17.5 Å². The van der Waals surface area contributed by atoms with Crippen LogP contribution in [0.1, 0.15) is 18.2 Å². The Balaban J connectivity index is 1.90. The molecule has 2 atom stereocenters. The van der Waals surface area contributed by atoms with Crippen LogP contribution in [0.25, 0.3) is 0 Å². The fraction of sp³-hybridized carbons (Fsp3) is 0.636. The summed E-state index contributed by atoms with van der Waals surface area (Å²) in [5, 5.41) is 14.7. The average Bonchev–Trinajstić information content (AvgIpc) is 2.78. The maximum absolute atomic E-state index is 9.21. The Hall–Kier alpha value is -0.380. The van der Waals surface area contributed by atoms with E-state index in [2.05, 4.69) is 29.8 Å². The molecule has 1 aliphatic heterocycles. The van der Waals surface area contributed by atoms with Gasteiger partial charge in [0, 0.05) is 10.4 Å².